The highest BCUT2D eigenvalue weighted by molar-refractivity contribution is 5.78. The normalized spacial score (nSPS) is 17.7. The van der Waals surface area contributed by atoms with Crippen molar-refractivity contribution in [3.63, 3.8) is 0 Å². The molecular formula is C74H136N2O16. The van der Waals surface area contributed by atoms with Crippen molar-refractivity contribution in [2.45, 2.75) is 411 Å². The predicted octanol–water partition coefficient (Wildman–Crippen LogP) is 17.0. The van der Waals surface area contributed by atoms with Crippen molar-refractivity contribution in [1.29, 1.82) is 0 Å². The summed E-state index contributed by atoms with van der Waals surface area (Å²) in [4.78, 5) is 94.1. The topological polar surface area (TPSA) is 249 Å². The summed E-state index contributed by atoms with van der Waals surface area (Å²) < 4.78 is 42.5. The van der Waals surface area contributed by atoms with Gasteiger partial charge >= 0.3 is 29.8 Å². The Bertz CT molecular complexity index is 1840. The number of carbonyl (C=O) groups excluding carboxylic acids is 6. The first-order valence-corrected chi connectivity index (χ1v) is 37.8. The number of carboxylic acids is 1. The Morgan fingerprint density at radius 1 is 0.478 bits per heavy atom. The van der Waals surface area contributed by atoms with Gasteiger partial charge in [-0.3, -0.25) is 33.6 Å². The lowest BCUT2D eigenvalue weighted by Gasteiger charge is -2.46. The van der Waals surface area contributed by atoms with Crippen LogP contribution in [0.1, 0.15) is 363 Å². The maximum absolute atomic E-state index is 14.6. The third kappa shape index (κ3) is 46.3. The van der Waals surface area contributed by atoms with Crippen LogP contribution in [0.25, 0.3) is 0 Å². The lowest BCUT2D eigenvalue weighted by molar-refractivity contribution is -0.335. The second-order valence-electron chi connectivity index (χ2n) is 26.4. The molecule has 0 aliphatic carbocycles. The van der Waals surface area contributed by atoms with Crippen molar-refractivity contribution in [2.24, 2.45) is 0 Å². The summed E-state index contributed by atoms with van der Waals surface area (Å²) in [5, 5.41) is 27.5. The first-order chi connectivity index (χ1) is 44.7. The molecule has 18 nitrogen and oxygen atoms in total. The second-order valence-corrected chi connectivity index (χ2v) is 26.4. The lowest BCUT2D eigenvalue weighted by Crippen LogP contribution is -2.66. The Balaban J connectivity index is 3.65. The van der Waals surface area contributed by atoms with Crippen molar-refractivity contribution in [3.8, 4) is 0 Å². The number of aliphatic hydroxyl groups is 1. The number of aliphatic carboxylic acids is 1. The number of aliphatic hydroxyl groups excluding tert-OH is 1. The van der Waals surface area contributed by atoms with E-state index in [0.29, 0.717) is 57.8 Å². The number of ether oxygens (including phenoxy) is 7. The molecule has 0 spiro atoms. The number of carboxylic acid groups (broad SMARTS) is 1. The molecule has 0 bridgehead atoms. The van der Waals surface area contributed by atoms with Crippen LogP contribution in [-0.2, 0) is 66.7 Å². The molecule has 1 heterocycles. The minimum Gasteiger partial charge on any atom is -0.480 e. The SMILES string of the molecule is CCCCCCCCCCCC(CCNC(COC1(NC(=O)CC(CCCCCCCCCCC)OC(=O)CCCCC)CC(OC(=O)CC(CCCCCCCCCCC)OC(=O)CCCCCCCCC)C(OC=O)C(CO)O1)C(=O)O)OC(=O)CCCCC. The molecule has 0 radical (unpaired) electrons. The first kappa shape index (κ1) is 86.1. The fourth-order valence-corrected chi connectivity index (χ4v) is 12.1. The zero-order valence-corrected chi connectivity index (χ0v) is 59.2. The number of hydrogen-bond acceptors (Lipinski definition) is 16. The van der Waals surface area contributed by atoms with Crippen LogP contribution in [0.2, 0.25) is 0 Å². The molecule has 1 rings (SSSR count). The van der Waals surface area contributed by atoms with Crippen LogP contribution in [0, 0.1) is 0 Å². The number of nitrogens with one attached hydrogen (secondary N) is 2. The van der Waals surface area contributed by atoms with Crippen LogP contribution in [0.4, 0.5) is 0 Å². The third-order valence-electron chi connectivity index (χ3n) is 17.7. The molecule has 538 valence electrons. The molecule has 8 unspecified atom stereocenters. The largest absolute Gasteiger partial charge is 0.480 e. The van der Waals surface area contributed by atoms with E-state index in [9.17, 15) is 43.8 Å². The number of carbonyl (C=O) groups is 7. The minimum atomic E-state index is -2.31. The Morgan fingerprint density at radius 2 is 0.837 bits per heavy atom. The van der Waals surface area contributed by atoms with Gasteiger partial charge < -0.3 is 54.0 Å². The van der Waals surface area contributed by atoms with Gasteiger partial charge in [0.25, 0.3) is 12.4 Å². The zero-order chi connectivity index (χ0) is 67.6. The van der Waals surface area contributed by atoms with Gasteiger partial charge in [0.2, 0.25) is 5.91 Å². The van der Waals surface area contributed by atoms with E-state index in [1.54, 1.807) is 0 Å². The molecule has 1 amide bonds. The van der Waals surface area contributed by atoms with Crippen molar-refractivity contribution >= 4 is 42.2 Å². The van der Waals surface area contributed by atoms with E-state index >= 15 is 0 Å². The summed E-state index contributed by atoms with van der Waals surface area (Å²) in [6.07, 6.45) is 36.3. The summed E-state index contributed by atoms with van der Waals surface area (Å²) >= 11 is 0. The van der Waals surface area contributed by atoms with E-state index in [1.165, 1.54) is 89.9 Å². The summed E-state index contributed by atoms with van der Waals surface area (Å²) in [6.45, 7) is 11.7. The fraction of sp³-hybridized carbons (Fsp3) is 0.905. The highest BCUT2D eigenvalue weighted by Crippen LogP contribution is 2.34. The summed E-state index contributed by atoms with van der Waals surface area (Å²) in [5.41, 5.74) is 0. The number of esters is 4. The molecule has 1 saturated heterocycles. The summed E-state index contributed by atoms with van der Waals surface area (Å²) in [7, 11) is 0. The molecule has 0 saturated carbocycles. The summed E-state index contributed by atoms with van der Waals surface area (Å²) in [5.74, 6) is -6.23. The van der Waals surface area contributed by atoms with E-state index in [0.717, 1.165) is 141 Å². The van der Waals surface area contributed by atoms with E-state index < -0.39 is 98.0 Å². The number of hydrogen-bond donors (Lipinski definition) is 4. The zero-order valence-electron chi connectivity index (χ0n) is 59.2. The van der Waals surface area contributed by atoms with Gasteiger partial charge in [0, 0.05) is 19.3 Å². The molecular weight excluding hydrogens is 1170 g/mol. The van der Waals surface area contributed by atoms with Gasteiger partial charge in [-0.1, -0.05) is 260 Å². The molecule has 0 aromatic rings. The molecule has 92 heavy (non-hydrogen) atoms. The lowest BCUT2D eigenvalue weighted by atomic mass is 9.98. The van der Waals surface area contributed by atoms with Crippen molar-refractivity contribution in [2.75, 3.05) is 19.8 Å². The number of rotatable bonds is 66. The molecule has 0 aromatic carbocycles. The van der Waals surface area contributed by atoms with Gasteiger partial charge in [0.05, 0.1) is 32.5 Å². The van der Waals surface area contributed by atoms with E-state index in [2.05, 4.69) is 45.3 Å². The van der Waals surface area contributed by atoms with Crippen molar-refractivity contribution < 1.29 is 76.9 Å². The molecule has 1 fully saturated rings. The molecule has 1 aliphatic rings. The first-order valence-electron chi connectivity index (χ1n) is 37.8. The molecule has 4 N–H and O–H groups in total. The fourth-order valence-electron chi connectivity index (χ4n) is 12.1. The van der Waals surface area contributed by atoms with Gasteiger partial charge in [-0.05, 0) is 70.8 Å². The van der Waals surface area contributed by atoms with Gasteiger partial charge in [-0.2, -0.15) is 0 Å². The molecule has 1 aliphatic heterocycles. The standard InChI is InChI=1S/C74H136N2O16/c1-7-13-19-23-27-30-34-37-43-47-61(88-68(80)50-41-17-11-5)53-54-75-64(73(84)85)59-87-74(76-67(79)55-62(89-69(81)51-42-18-12-6)48-44-38-35-31-28-24-20-14-8-2)57-65(72(86-60-78)66(58-77)92-74)91-71(83)56-63(49-45-39-36-32-29-25-21-15-9-3)90-70(82)52-46-40-33-26-22-16-10-4/h60-66,72,75,77H,7-59H2,1-6H3,(H,76,79)(H,84,85). The van der Waals surface area contributed by atoms with Crippen molar-refractivity contribution in [3.05, 3.63) is 0 Å². The Morgan fingerprint density at radius 3 is 1.24 bits per heavy atom. The summed E-state index contributed by atoms with van der Waals surface area (Å²) in [6, 6.07) is -1.42. The van der Waals surface area contributed by atoms with Crippen LogP contribution in [0.3, 0.4) is 0 Å². The molecule has 0 aromatic heterocycles. The van der Waals surface area contributed by atoms with Gasteiger partial charge in [-0.25, -0.2) is 0 Å². The quantitative estimate of drug-likeness (QED) is 0.0145. The molecule has 18 heteroatoms. The van der Waals surface area contributed by atoms with Crippen LogP contribution in [-0.4, -0.2) is 121 Å². The van der Waals surface area contributed by atoms with Crippen LogP contribution >= 0.6 is 0 Å². The number of unbranched alkanes of at least 4 members (excludes halogenated alkanes) is 34. The highest BCUT2D eigenvalue weighted by atomic mass is 16.7. The van der Waals surface area contributed by atoms with E-state index in [1.807, 2.05) is 6.92 Å². The Hall–Kier alpha value is -3.87. The maximum atomic E-state index is 14.6. The van der Waals surface area contributed by atoms with E-state index in [-0.39, 0.29) is 44.7 Å². The monoisotopic (exact) mass is 1310 g/mol. The average Bonchev–Trinajstić information content (AvgIpc) is 0.792. The van der Waals surface area contributed by atoms with Crippen molar-refractivity contribution in [1.82, 2.24) is 10.6 Å². The number of amides is 1. The molecule has 8 atom stereocenters. The predicted molar refractivity (Wildman–Crippen MR) is 364 cm³/mol. The maximum Gasteiger partial charge on any atom is 0.323 e. The third-order valence-corrected chi connectivity index (χ3v) is 17.7. The van der Waals surface area contributed by atoms with Crippen LogP contribution < -0.4 is 10.6 Å². The Kier molecular flexibility index (Phi) is 55.8. The smallest absolute Gasteiger partial charge is 0.323 e. The minimum absolute atomic E-state index is 0.119. The van der Waals surface area contributed by atoms with Gasteiger partial charge in [0.15, 0.2) is 6.10 Å². The highest BCUT2D eigenvalue weighted by Gasteiger charge is 2.53. The second kappa shape index (κ2) is 59.6. The van der Waals surface area contributed by atoms with Gasteiger partial charge in [0.1, 0.15) is 36.6 Å². The Labute approximate surface area is 558 Å². The average molecular weight is 1310 g/mol. The van der Waals surface area contributed by atoms with E-state index in [4.69, 9.17) is 33.2 Å². The van der Waals surface area contributed by atoms with Crippen LogP contribution in [0.15, 0.2) is 0 Å². The van der Waals surface area contributed by atoms with Crippen LogP contribution in [0.5, 0.6) is 0 Å². The van der Waals surface area contributed by atoms with Gasteiger partial charge in [-0.15, -0.1) is 0 Å².